The summed E-state index contributed by atoms with van der Waals surface area (Å²) in [7, 11) is 0. The van der Waals surface area contributed by atoms with Gasteiger partial charge in [0, 0.05) is 19.8 Å². The van der Waals surface area contributed by atoms with Crippen LogP contribution in [0.2, 0.25) is 0 Å². The molecule has 0 aromatic rings. The van der Waals surface area contributed by atoms with E-state index in [1.54, 1.807) is 0 Å². The average molecular weight is 144 g/mol. The number of ether oxygens (including phenoxy) is 1. The van der Waals surface area contributed by atoms with Gasteiger partial charge < -0.3 is 9.84 Å². The molecule has 0 saturated carbocycles. The summed E-state index contributed by atoms with van der Waals surface area (Å²) in [5.74, 6) is 0. The summed E-state index contributed by atoms with van der Waals surface area (Å²) in [5, 5.41) is 8.40. The third-order valence-corrected chi connectivity index (χ3v) is 1.16. The van der Waals surface area contributed by atoms with Crippen molar-refractivity contribution in [2.75, 3.05) is 19.8 Å². The van der Waals surface area contributed by atoms with Gasteiger partial charge in [0.15, 0.2) is 0 Å². The molecule has 0 bridgehead atoms. The summed E-state index contributed by atoms with van der Waals surface area (Å²) >= 11 is 0. The number of aliphatic hydroxyl groups is 1. The Morgan fingerprint density at radius 3 is 2.70 bits per heavy atom. The van der Waals surface area contributed by atoms with Crippen LogP contribution in [0.5, 0.6) is 0 Å². The van der Waals surface area contributed by atoms with Crippen molar-refractivity contribution in [3.8, 4) is 0 Å². The van der Waals surface area contributed by atoms with Crippen molar-refractivity contribution in [3.63, 3.8) is 0 Å². The van der Waals surface area contributed by atoms with Crippen LogP contribution in [0.1, 0.15) is 19.3 Å². The van der Waals surface area contributed by atoms with Gasteiger partial charge in [-0.2, -0.15) is 0 Å². The minimum Gasteiger partial charge on any atom is -0.396 e. The molecule has 0 rings (SSSR count). The lowest BCUT2D eigenvalue weighted by Gasteiger charge is -1.99. The average Bonchev–Trinajstić information content (AvgIpc) is 1.97. The molecule has 0 amide bonds. The van der Waals surface area contributed by atoms with Crippen molar-refractivity contribution in [2.45, 2.75) is 19.3 Å². The quantitative estimate of drug-likeness (QED) is 0.431. The van der Waals surface area contributed by atoms with E-state index in [2.05, 4.69) is 6.58 Å². The fraction of sp³-hybridized carbons (Fsp3) is 0.750. The normalized spacial score (nSPS) is 9.70. The third-order valence-electron chi connectivity index (χ3n) is 1.16. The van der Waals surface area contributed by atoms with Crippen molar-refractivity contribution >= 4 is 0 Å². The van der Waals surface area contributed by atoms with Crippen molar-refractivity contribution in [1.29, 1.82) is 0 Å². The summed E-state index contributed by atoms with van der Waals surface area (Å²) in [6.45, 7) is 5.36. The number of rotatable bonds is 7. The molecular weight excluding hydrogens is 128 g/mol. The van der Waals surface area contributed by atoms with E-state index in [9.17, 15) is 0 Å². The van der Waals surface area contributed by atoms with Crippen LogP contribution in [0.3, 0.4) is 0 Å². The van der Waals surface area contributed by atoms with Crippen molar-refractivity contribution in [1.82, 2.24) is 0 Å². The summed E-state index contributed by atoms with van der Waals surface area (Å²) in [6.07, 6.45) is 4.55. The Kier molecular flexibility index (Phi) is 8.37. The van der Waals surface area contributed by atoms with Crippen LogP contribution in [0, 0.1) is 0 Å². The third kappa shape index (κ3) is 7.66. The predicted octanol–water partition coefficient (Wildman–Crippen LogP) is 1.35. The maximum absolute atomic E-state index is 8.40. The maximum Gasteiger partial charge on any atom is 0.0500 e. The Bertz CT molecular complexity index is 71.7. The summed E-state index contributed by atoms with van der Waals surface area (Å²) in [4.78, 5) is 0. The summed E-state index contributed by atoms with van der Waals surface area (Å²) < 4.78 is 5.19. The second-order valence-electron chi connectivity index (χ2n) is 2.12. The molecule has 0 aliphatic rings. The van der Waals surface area contributed by atoms with Crippen LogP contribution in [0.15, 0.2) is 12.7 Å². The first-order valence-electron chi connectivity index (χ1n) is 3.71. The van der Waals surface area contributed by atoms with Gasteiger partial charge in [-0.3, -0.25) is 0 Å². The topological polar surface area (TPSA) is 29.5 Å². The standard InChI is InChI=1S/C8H16O2/c1-2-3-7-10-8-5-4-6-9/h2,9H,1,3-8H2. The lowest BCUT2D eigenvalue weighted by molar-refractivity contribution is 0.129. The first-order chi connectivity index (χ1) is 4.91. The van der Waals surface area contributed by atoms with Gasteiger partial charge in [0.25, 0.3) is 0 Å². The van der Waals surface area contributed by atoms with Crippen molar-refractivity contribution < 1.29 is 9.84 Å². The molecule has 0 spiro atoms. The van der Waals surface area contributed by atoms with E-state index >= 15 is 0 Å². The molecule has 0 fully saturated rings. The van der Waals surface area contributed by atoms with Crippen LogP contribution in [0.25, 0.3) is 0 Å². The first-order valence-corrected chi connectivity index (χ1v) is 3.71. The Balaban J connectivity index is 2.70. The van der Waals surface area contributed by atoms with E-state index in [-0.39, 0.29) is 6.61 Å². The van der Waals surface area contributed by atoms with Gasteiger partial charge in [-0.25, -0.2) is 0 Å². The Labute approximate surface area is 62.5 Å². The summed E-state index contributed by atoms with van der Waals surface area (Å²) in [5.41, 5.74) is 0. The van der Waals surface area contributed by atoms with Crippen LogP contribution in [-0.2, 0) is 4.74 Å². The highest BCUT2D eigenvalue weighted by molar-refractivity contribution is 4.64. The van der Waals surface area contributed by atoms with Gasteiger partial charge in [0.05, 0.1) is 0 Å². The molecule has 10 heavy (non-hydrogen) atoms. The smallest absolute Gasteiger partial charge is 0.0500 e. The van der Waals surface area contributed by atoms with E-state index < -0.39 is 0 Å². The van der Waals surface area contributed by atoms with Crippen molar-refractivity contribution in [3.05, 3.63) is 12.7 Å². The second kappa shape index (κ2) is 8.66. The lowest BCUT2D eigenvalue weighted by Crippen LogP contribution is -1.96. The van der Waals surface area contributed by atoms with E-state index in [1.807, 2.05) is 6.08 Å². The summed E-state index contributed by atoms with van der Waals surface area (Å²) in [6, 6.07) is 0. The molecule has 1 N–H and O–H groups in total. The molecule has 0 atom stereocenters. The Morgan fingerprint density at radius 1 is 1.30 bits per heavy atom. The molecule has 0 aromatic carbocycles. The monoisotopic (exact) mass is 144 g/mol. The molecular formula is C8H16O2. The van der Waals surface area contributed by atoms with Gasteiger partial charge in [0.2, 0.25) is 0 Å². The number of hydrogen-bond acceptors (Lipinski definition) is 2. The highest BCUT2D eigenvalue weighted by Crippen LogP contribution is 1.89. The number of hydrogen-bond donors (Lipinski definition) is 1. The van der Waals surface area contributed by atoms with E-state index in [1.165, 1.54) is 0 Å². The highest BCUT2D eigenvalue weighted by Gasteiger charge is 1.86. The van der Waals surface area contributed by atoms with Crippen LogP contribution in [0.4, 0.5) is 0 Å². The van der Waals surface area contributed by atoms with Crippen molar-refractivity contribution in [2.24, 2.45) is 0 Å². The predicted molar refractivity (Wildman–Crippen MR) is 42.0 cm³/mol. The van der Waals surface area contributed by atoms with Gasteiger partial charge in [-0.15, -0.1) is 6.58 Å². The van der Waals surface area contributed by atoms with Crippen LogP contribution < -0.4 is 0 Å². The van der Waals surface area contributed by atoms with Gasteiger partial charge in [0.1, 0.15) is 0 Å². The molecule has 0 saturated heterocycles. The molecule has 2 heteroatoms. The molecule has 0 aliphatic heterocycles. The van der Waals surface area contributed by atoms with Crippen LogP contribution >= 0.6 is 0 Å². The number of aliphatic hydroxyl groups excluding tert-OH is 1. The highest BCUT2D eigenvalue weighted by atomic mass is 16.5. The zero-order valence-corrected chi connectivity index (χ0v) is 6.38. The van der Waals surface area contributed by atoms with E-state index in [0.29, 0.717) is 0 Å². The zero-order valence-electron chi connectivity index (χ0n) is 6.38. The fourth-order valence-corrected chi connectivity index (χ4v) is 0.585. The van der Waals surface area contributed by atoms with Gasteiger partial charge in [-0.05, 0) is 19.3 Å². The first kappa shape index (κ1) is 9.66. The minimum absolute atomic E-state index is 0.269. The molecule has 0 heterocycles. The number of unbranched alkanes of at least 4 members (excludes halogenated alkanes) is 1. The van der Waals surface area contributed by atoms with Crippen LogP contribution in [-0.4, -0.2) is 24.9 Å². The molecule has 0 aromatic heterocycles. The van der Waals surface area contributed by atoms with E-state index in [0.717, 1.165) is 32.5 Å². The molecule has 2 nitrogen and oxygen atoms in total. The molecule has 0 unspecified atom stereocenters. The minimum atomic E-state index is 0.269. The second-order valence-corrected chi connectivity index (χ2v) is 2.12. The SMILES string of the molecule is C=CCCOCCCCO. The van der Waals surface area contributed by atoms with Gasteiger partial charge in [-0.1, -0.05) is 6.08 Å². The Hall–Kier alpha value is -0.340. The lowest BCUT2D eigenvalue weighted by atomic mass is 10.3. The molecule has 0 radical (unpaired) electrons. The fourth-order valence-electron chi connectivity index (χ4n) is 0.585. The maximum atomic E-state index is 8.40. The molecule has 60 valence electrons. The zero-order chi connectivity index (χ0) is 7.66. The van der Waals surface area contributed by atoms with E-state index in [4.69, 9.17) is 9.84 Å². The largest absolute Gasteiger partial charge is 0.396 e. The van der Waals surface area contributed by atoms with Gasteiger partial charge >= 0.3 is 0 Å². The molecule has 0 aliphatic carbocycles. The Morgan fingerprint density at radius 2 is 2.10 bits per heavy atom.